The number of thiophene rings is 1. The average Bonchev–Trinajstić information content (AvgIpc) is 2.84. The third-order valence-corrected chi connectivity index (χ3v) is 5.95. The van der Waals surface area contributed by atoms with E-state index in [9.17, 15) is 13.2 Å². The number of hydrogen-bond acceptors (Lipinski definition) is 4. The van der Waals surface area contributed by atoms with Gasteiger partial charge < -0.3 is 5.11 Å². The number of rotatable bonds is 4. The molecule has 106 valence electrons. The fraction of sp³-hybridized carbons (Fsp3) is 0.583. The maximum absolute atomic E-state index is 12.1. The van der Waals surface area contributed by atoms with E-state index < -0.39 is 16.0 Å². The van der Waals surface area contributed by atoms with Crippen molar-refractivity contribution in [3.05, 3.63) is 16.3 Å². The Balaban J connectivity index is 2.12. The molecule has 0 amide bonds. The summed E-state index contributed by atoms with van der Waals surface area (Å²) in [6, 6.07) is 1.14. The average molecular weight is 303 g/mol. The van der Waals surface area contributed by atoms with Crippen molar-refractivity contribution in [1.82, 2.24) is 4.72 Å². The smallest absolute Gasteiger partial charge is 0.345 e. The SMILES string of the molecule is CC1(C)CCC(NS(=O)(=O)c2csc(C(=O)O)c2)C1. The minimum absolute atomic E-state index is 0.0344. The van der Waals surface area contributed by atoms with Crippen LogP contribution in [-0.2, 0) is 10.0 Å². The fourth-order valence-corrected chi connectivity index (χ4v) is 4.78. The third kappa shape index (κ3) is 3.34. The van der Waals surface area contributed by atoms with Crippen molar-refractivity contribution in [2.24, 2.45) is 5.41 Å². The van der Waals surface area contributed by atoms with E-state index in [0.29, 0.717) is 0 Å². The summed E-state index contributed by atoms with van der Waals surface area (Å²) in [7, 11) is -3.61. The lowest BCUT2D eigenvalue weighted by molar-refractivity contribution is 0.0702. The van der Waals surface area contributed by atoms with Gasteiger partial charge in [0.2, 0.25) is 10.0 Å². The molecule has 0 saturated heterocycles. The molecular weight excluding hydrogens is 286 g/mol. The van der Waals surface area contributed by atoms with Crippen LogP contribution >= 0.6 is 11.3 Å². The van der Waals surface area contributed by atoms with Crippen LogP contribution in [0.25, 0.3) is 0 Å². The minimum atomic E-state index is -3.61. The van der Waals surface area contributed by atoms with Crippen molar-refractivity contribution in [3.63, 3.8) is 0 Å². The first-order valence-corrected chi connectivity index (χ1v) is 8.40. The highest BCUT2D eigenvalue weighted by molar-refractivity contribution is 7.89. The van der Waals surface area contributed by atoms with Gasteiger partial charge in [0.05, 0.1) is 4.90 Å². The maximum Gasteiger partial charge on any atom is 0.345 e. The van der Waals surface area contributed by atoms with E-state index in [4.69, 9.17) is 5.11 Å². The Morgan fingerprint density at radius 2 is 2.21 bits per heavy atom. The van der Waals surface area contributed by atoms with Gasteiger partial charge in [0.25, 0.3) is 0 Å². The van der Waals surface area contributed by atoms with Crippen molar-refractivity contribution in [2.75, 3.05) is 0 Å². The van der Waals surface area contributed by atoms with E-state index in [-0.39, 0.29) is 21.2 Å². The first kappa shape index (κ1) is 14.5. The van der Waals surface area contributed by atoms with E-state index in [1.54, 1.807) is 0 Å². The van der Waals surface area contributed by atoms with Gasteiger partial charge in [-0.05, 0) is 30.7 Å². The summed E-state index contributed by atoms with van der Waals surface area (Å²) in [5, 5.41) is 10.2. The summed E-state index contributed by atoms with van der Waals surface area (Å²) in [4.78, 5) is 10.8. The lowest BCUT2D eigenvalue weighted by atomic mass is 9.92. The fourth-order valence-electron chi connectivity index (χ4n) is 2.40. The molecule has 1 aromatic heterocycles. The quantitative estimate of drug-likeness (QED) is 0.894. The number of hydrogen-bond donors (Lipinski definition) is 2. The monoisotopic (exact) mass is 303 g/mol. The van der Waals surface area contributed by atoms with Crippen LogP contribution in [0.4, 0.5) is 0 Å². The molecule has 7 heteroatoms. The molecule has 1 aliphatic rings. The van der Waals surface area contributed by atoms with Crippen LogP contribution in [0.2, 0.25) is 0 Å². The Labute approximate surface area is 116 Å². The lowest BCUT2D eigenvalue weighted by Crippen LogP contribution is -2.33. The van der Waals surface area contributed by atoms with Gasteiger partial charge in [0, 0.05) is 11.4 Å². The molecule has 1 saturated carbocycles. The topological polar surface area (TPSA) is 83.5 Å². The molecule has 2 N–H and O–H groups in total. The van der Waals surface area contributed by atoms with E-state index >= 15 is 0 Å². The molecule has 0 bridgehead atoms. The van der Waals surface area contributed by atoms with Gasteiger partial charge in [0.15, 0.2) is 0 Å². The van der Waals surface area contributed by atoms with Gasteiger partial charge in [0.1, 0.15) is 4.88 Å². The molecule has 1 aliphatic carbocycles. The first-order valence-electron chi connectivity index (χ1n) is 6.04. The Morgan fingerprint density at radius 1 is 1.53 bits per heavy atom. The molecule has 19 heavy (non-hydrogen) atoms. The minimum Gasteiger partial charge on any atom is -0.477 e. The molecule has 0 radical (unpaired) electrons. The molecule has 5 nitrogen and oxygen atoms in total. The normalized spacial score (nSPS) is 22.5. The molecule has 0 aromatic carbocycles. The Bertz CT molecular complexity index is 589. The van der Waals surface area contributed by atoms with E-state index in [2.05, 4.69) is 18.6 Å². The van der Waals surface area contributed by atoms with E-state index in [0.717, 1.165) is 30.6 Å². The Morgan fingerprint density at radius 3 is 2.68 bits per heavy atom. The molecule has 1 aromatic rings. The van der Waals surface area contributed by atoms with Crippen molar-refractivity contribution in [1.29, 1.82) is 0 Å². The molecule has 1 unspecified atom stereocenters. The highest BCUT2D eigenvalue weighted by atomic mass is 32.2. The summed E-state index contributed by atoms with van der Waals surface area (Å²) in [6.07, 6.45) is 2.62. The highest BCUT2D eigenvalue weighted by Crippen LogP contribution is 2.37. The van der Waals surface area contributed by atoms with Crippen LogP contribution in [-0.4, -0.2) is 25.5 Å². The highest BCUT2D eigenvalue weighted by Gasteiger charge is 2.33. The largest absolute Gasteiger partial charge is 0.477 e. The van der Waals surface area contributed by atoms with Crippen LogP contribution in [0, 0.1) is 5.41 Å². The van der Waals surface area contributed by atoms with Crippen molar-refractivity contribution >= 4 is 27.3 Å². The molecule has 0 aliphatic heterocycles. The number of carboxylic acids is 1. The molecule has 1 fully saturated rings. The van der Waals surface area contributed by atoms with Crippen LogP contribution in [0.3, 0.4) is 0 Å². The predicted octanol–water partition coefficient (Wildman–Crippen LogP) is 2.30. The van der Waals surface area contributed by atoms with Crippen LogP contribution < -0.4 is 4.72 Å². The van der Waals surface area contributed by atoms with Gasteiger partial charge >= 0.3 is 5.97 Å². The first-order chi connectivity index (χ1) is 8.70. The summed E-state index contributed by atoms with van der Waals surface area (Å²) >= 11 is 0.924. The van der Waals surface area contributed by atoms with Crippen LogP contribution in [0.15, 0.2) is 16.3 Å². The second-order valence-electron chi connectivity index (χ2n) is 5.68. The molecule has 1 atom stereocenters. The van der Waals surface area contributed by atoms with Crippen LogP contribution in [0.1, 0.15) is 42.8 Å². The summed E-state index contributed by atoms with van der Waals surface area (Å²) in [5.41, 5.74) is 0.161. The summed E-state index contributed by atoms with van der Waals surface area (Å²) < 4.78 is 26.9. The second kappa shape index (κ2) is 4.88. The van der Waals surface area contributed by atoms with Crippen LogP contribution in [0.5, 0.6) is 0 Å². The number of carboxylic acid groups (broad SMARTS) is 1. The standard InChI is InChI=1S/C12H17NO4S2/c1-12(2)4-3-8(6-12)13-19(16,17)9-5-10(11(14)15)18-7-9/h5,7-8,13H,3-4,6H2,1-2H3,(H,14,15). The number of carbonyl (C=O) groups is 1. The second-order valence-corrected chi connectivity index (χ2v) is 8.30. The van der Waals surface area contributed by atoms with Gasteiger partial charge in [-0.2, -0.15) is 0 Å². The summed E-state index contributed by atoms with van der Waals surface area (Å²) in [6.45, 7) is 4.24. The summed E-state index contributed by atoms with van der Waals surface area (Å²) in [5.74, 6) is -1.10. The van der Waals surface area contributed by atoms with E-state index in [1.165, 1.54) is 11.4 Å². The zero-order valence-corrected chi connectivity index (χ0v) is 12.5. The Hall–Kier alpha value is -0.920. The molecule has 1 heterocycles. The molecule has 2 rings (SSSR count). The number of aromatic carboxylic acids is 1. The Kier molecular flexibility index (Phi) is 3.72. The van der Waals surface area contributed by atoms with Gasteiger partial charge in [-0.25, -0.2) is 17.9 Å². The maximum atomic E-state index is 12.1. The third-order valence-electron chi connectivity index (χ3n) is 3.39. The van der Waals surface area contributed by atoms with Crippen molar-refractivity contribution in [3.8, 4) is 0 Å². The number of sulfonamides is 1. The predicted molar refractivity (Wildman–Crippen MR) is 73.0 cm³/mol. The van der Waals surface area contributed by atoms with E-state index in [1.807, 2.05) is 0 Å². The van der Waals surface area contributed by atoms with Crippen molar-refractivity contribution < 1.29 is 18.3 Å². The zero-order chi connectivity index (χ0) is 14.3. The van der Waals surface area contributed by atoms with Gasteiger partial charge in [-0.15, -0.1) is 11.3 Å². The lowest BCUT2D eigenvalue weighted by Gasteiger charge is -2.17. The van der Waals surface area contributed by atoms with Crippen molar-refractivity contribution in [2.45, 2.75) is 44.0 Å². The molecule has 0 spiro atoms. The molecular formula is C12H17NO4S2. The number of nitrogens with one attached hydrogen (secondary N) is 1. The zero-order valence-electron chi connectivity index (χ0n) is 10.8. The van der Waals surface area contributed by atoms with Gasteiger partial charge in [-0.1, -0.05) is 13.8 Å². The van der Waals surface area contributed by atoms with Gasteiger partial charge in [-0.3, -0.25) is 0 Å².